The fourth-order valence-electron chi connectivity index (χ4n) is 1.60. The minimum atomic E-state index is -0.391. The molecule has 0 aromatic heterocycles. The Morgan fingerprint density at radius 2 is 1.89 bits per heavy atom. The van der Waals surface area contributed by atoms with E-state index in [1.807, 2.05) is 31.2 Å². The van der Waals surface area contributed by atoms with Crippen molar-refractivity contribution in [2.75, 3.05) is 0 Å². The third-order valence-electron chi connectivity index (χ3n) is 2.72. The van der Waals surface area contributed by atoms with Crippen LogP contribution in [0.5, 0.6) is 0 Å². The summed E-state index contributed by atoms with van der Waals surface area (Å²) in [6.45, 7) is 1.94. The molecule has 2 rings (SSSR count). The topological polar surface area (TPSA) is 63.4 Å². The number of nitro groups is 1. The predicted molar refractivity (Wildman–Crippen MR) is 74.3 cm³/mol. The molecule has 19 heavy (non-hydrogen) atoms. The highest BCUT2D eigenvalue weighted by molar-refractivity contribution is 7.99. The molecule has 98 valence electrons. The van der Waals surface area contributed by atoms with Crippen molar-refractivity contribution in [3.8, 4) is 0 Å². The van der Waals surface area contributed by atoms with Crippen molar-refractivity contribution in [2.45, 2.75) is 23.3 Å². The maximum atomic E-state index is 10.8. The molecule has 0 atom stereocenters. The van der Waals surface area contributed by atoms with Crippen LogP contribution in [-0.4, -0.2) is 10.0 Å². The zero-order chi connectivity index (χ0) is 13.8. The van der Waals surface area contributed by atoms with Gasteiger partial charge in [-0.15, -0.1) is 0 Å². The number of rotatable bonds is 4. The molecule has 0 bridgehead atoms. The summed E-state index contributed by atoms with van der Waals surface area (Å²) < 4.78 is 0. The van der Waals surface area contributed by atoms with E-state index in [9.17, 15) is 10.1 Å². The van der Waals surface area contributed by atoms with Gasteiger partial charge in [0.1, 0.15) is 0 Å². The molecule has 0 saturated carbocycles. The van der Waals surface area contributed by atoms with Gasteiger partial charge in [-0.05, 0) is 30.2 Å². The van der Waals surface area contributed by atoms with E-state index in [2.05, 4.69) is 0 Å². The predicted octanol–water partition coefficient (Wildman–Crippen LogP) is 3.55. The summed E-state index contributed by atoms with van der Waals surface area (Å²) in [5.74, 6) is 0. The summed E-state index contributed by atoms with van der Waals surface area (Å²) in [5.41, 5.74) is 1.95. The molecular weight excluding hydrogens is 262 g/mol. The minimum Gasteiger partial charge on any atom is -0.392 e. The zero-order valence-corrected chi connectivity index (χ0v) is 11.2. The van der Waals surface area contributed by atoms with Gasteiger partial charge in [-0.3, -0.25) is 10.1 Å². The number of aryl methyl sites for hydroxylation is 1. The summed E-state index contributed by atoms with van der Waals surface area (Å²) in [5, 5.41) is 19.7. The highest BCUT2D eigenvalue weighted by atomic mass is 32.2. The van der Waals surface area contributed by atoms with Crippen LogP contribution in [0.3, 0.4) is 0 Å². The average Bonchev–Trinajstić information content (AvgIpc) is 2.42. The summed E-state index contributed by atoms with van der Waals surface area (Å²) in [7, 11) is 0. The molecule has 0 aliphatic carbocycles. The Kier molecular flexibility index (Phi) is 4.19. The van der Waals surface area contributed by atoms with Gasteiger partial charge in [0.15, 0.2) is 0 Å². The number of non-ortho nitro benzene ring substituents is 1. The molecule has 0 fully saturated rings. The number of aliphatic hydroxyl groups is 1. The zero-order valence-electron chi connectivity index (χ0n) is 10.4. The van der Waals surface area contributed by atoms with Crippen LogP contribution in [0, 0.1) is 17.0 Å². The standard InChI is InChI=1S/C14H13NO3S/c1-10-2-5-12(15(17)18)8-14(10)19-13-6-3-11(9-16)4-7-13/h2-8,16H,9H2,1H3. The van der Waals surface area contributed by atoms with E-state index in [-0.39, 0.29) is 12.3 Å². The smallest absolute Gasteiger partial charge is 0.270 e. The molecule has 4 nitrogen and oxygen atoms in total. The van der Waals surface area contributed by atoms with Crippen LogP contribution in [0.2, 0.25) is 0 Å². The molecule has 1 N–H and O–H groups in total. The van der Waals surface area contributed by atoms with Gasteiger partial charge in [-0.2, -0.15) is 0 Å². The number of hydrogen-bond donors (Lipinski definition) is 1. The Bertz CT molecular complexity index is 596. The molecular formula is C14H13NO3S. The lowest BCUT2D eigenvalue weighted by molar-refractivity contribution is -0.385. The number of nitrogens with zero attached hydrogens (tertiary/aromatic N) is 1. The first-order chi connectivity index (χ1) is 9.10. The van der Waals surface area contributed by atoms with Crippen LogP contribution in [0.4, 0.5) is 5.69 Å². The second-order valence-corrected chi connectivity index (χ2v) is 5.23. The van der Waals surface area contributed by atoms with Crippen molar-refractivity contribution in [3.63, 3.8) is 0 Å². The normalized spacial score (nSPS) is 10.4. The fourth-order valence-corrected chi connectivity index (χ4v) is 2.54. The largest absolute Gasteiger partial charge is 0.392 e. The lowest BCUT2D eigenvalue weighted by Crippen LogP contribution is -1.89. The third kappa shape index (κ3) is 3.33. The third-order valence-corrected chi connectivity index (χ3v) is 3.88. The summed E-state index contributed by atoms with van der Waals surface area (Å²) in [6, 6.07) is 12.3. The van der Waals surface area contributed by atoms with Gasteiger partial charge < -0.3 is 5.11 Å². The highest BCUT2D eigenvalue weighted by Gasteiger charge is 2.09. The molecule has 5 heteroatoms. The van der Waals surface area contributed by atoms with E-state index in [0.29, 0.717) is 0 Å². The molecule has 0 saturated heterocycles. The Balaban J connectivity index is 2.26. The number of nitro benzene ring substituents is 1. The molecule has 0 aliphatic rings. The van der Waals surface area contributed by atoms with Crippen LogP contribution in [0.1, 0.15) is 11.1 Å². The Hall–Kier alpha value is -1.85. The lowest BCUT2D eigenvalue weighted by atomic mass is 10.2. The average molecular weight is 275 g/mol. The monoisotopic (exact) mass is 275 g/mol. The van der Waals surface area contributed by atoms with E-state index in [4.69, 9.17) is 5.11 Å². The molecule has 0 heterocycles. The SMILES string of the molecule is Cc1ccc([N+](=O)[O-])cc1Sc1ccc(CO)cc1. The molecule has 2 aromatic carbocycles. The summed E-state index contributed by atoms with van der Waals surface area (Å²) in [6.07, 6.45) is 0. The molecule has 0 amide bonds. The summed E-state index contributed by atoms with van der Waals surface area (Å²) in [4.78, 5) is 12.2. The van der Waals surface area contributed by atoms with Crippen LogP contribution in [0.15, 0.2) is 52.3 Å². The number of benzene rings is 2. The maximum absolute atomic E-state index is 10.8. The fraction of sp³-hybridized carbons (Fsp3) is 0.143. The van der Waals surface area contributed by atoms with E-state index in [0.717, 1.165) is 20.9 Å². The van der Waals surface area contributed by atoms with Gasteiger partial charge >= 0.3 is 0 Å². The molecule has 0 radical (unpaired) electrons. The quantitative estimate of drug-likeness (QED) is 0.684. The highest BCUT2D eigenvalue weighted by Crippen LogP contribution is 2.32. The van der Waals surface area contributed by atoms with Crippen LogP contribution in [0.25, 0.3) is 0 Å². The maximum Gasteiger partial charge on any atom is 0.270 e. The second-order valence-electron chi connectivity index (χ2n) is 4.11. The van der Waals surface area contributed by atoms with E-state index < -0.39 is 4.92 Å². The number of aliphatic hydroxyl groups excluding tert-OH is 1. The lowest BCUT2D eigenvalue weighted by Gasteiger charge is -2.06. The van der Waals surface area contributed by atoms with E-state index in [1.165, 1.54) is 17.8 Å². The van der Waals surface area contributed by atoms with E-state index in [1.54, 1.807) is 12.1 Å². The Labute approximate surface area is 115 Å². The first-order valence-electron chi connectivity index (χ1n) is 5.73. The van der Waals surface area contributed by atoms with Crippen molar-refractivity contribution < 1.29 is 10.0 Å². The van der Waals surface area contributed by atoms with Crippen molar-refractivity contribution in [3.05, 3.63) is 63.7 Å². The van der Waals surface area contributed by atoms with Crippen molar-refractivity contribution in [2.24, 2.45) is 0 Å². The van der Waals surface area contributed by atoms with Gasteiger partial charge in [0, 0.05) is 21.9 Å². The van der Waals surface area contributed by atoms with Gasteiger partial charge in [-0.1, -0.05) is 30.0 Å². The molecule has 0 unspecified atom stereocenters. The summed E-state index contributed by atoms with van der Waals surface area (Å²) >= 11 is 1.48. The first kappa shape index (κ1) is 13.6. The van der Waals surface area contributed by atoms with Crippen LogP contribution >= 0.6 is 11.8 Å². The molecule has 0 aliphatic heterocycles. The number of hydrogen-bond acceptors (Lipinski definition) is 4. The Morgan fingerprint density at radius 1 is 1.21 bits per heavy atom. The van der Waals surface area contributed by atoms with Crippen molar-refractivity contribution in [1.82, 2.24) is 0 Å². The first-order valence-corrected chi connectivity index (χ1v) is 6.54. The van der Waals surface area contributed by atoms with Crippen LogP contribution < -0.4 is 0 Å². The van der Waals surface area contributed by atoms with Gasteiger partial charge in [-0.25, -0.2) is 0 Å². The molecule has 0 spiro atoms. The Morgan fingerprint density at radius 3 is 2.47 bits per heavy atom. The van der Waals surface area contributed by atoms with E-state index >= 15 is 0 Å². The van der Waals surface area contributed by atoms with Crippen molar-refractivity contribution in [1.29, 1.82) is 0 Å². The van der Waals surface area contributed by atoms with Crippen LogP contribution in [-0.2, 0) is 6.61 Å². The van der Waals surface area contributed by atoms with Gasteiger partial charge in [0.25, 0.3) is 5.69 Å². The molecule has 2 aromatic rings. The second kappa shape index (κ2) is 5.86. The van der Waals surface area contributed by atoms with Gasteiger partial charge in [0.05, 0.1) is 11.5 Å². The van der Waals surface area contributed by atoms with Crippen molar-refractivity contribution >= 4 is 17.4 Å². The minimum absolute atomic E-state index is 0.0147. The van der Waals surface area contributed by atoms with Gasteiger partial charge in [0.2, 0.25) is 0 Å².